The number of alkyl halides is 4. The summed E-state index contributed by atoms with van der Waals surface area (Å²) in [7, 11) is 1.73. The first-order valence-electron chi connectivity index (χ1n) is 10.4. The van der Waals surface area contributed by atoms with E-state index in [-0.39, 0.29) is 22.3 Å². The summed E-state index contributed by atoms with van der Waals surface area (Å²) in [6.45, 7) is 1.96. The van der Waals surface area contributed by atoms with Gasteiger partial charge in [0.05, 0.1) is 21.6 Å². The molecule has 2 aromatic heterocycles. The SMILES string of the molecule is Cc1cc(C2CCC(OC(F)(F)C(F)Cl)CC2)sc1-c1nc(-c2c(F)cccc2Cl)nn1C. The molecule has 3 aromatic rings. The van der Waals surface area contributed by atoms with Crippen molar-refractivity contribution < 1.29 is 22.3 Å². The van der Waals surface area contributed by atoms with Crippen molar-refractivity contribution in [2.24, 2.45) is 7.05 Å². The van der Waals surface area contributed by atoms with Crippen LogP contribution in [0.25, 0.3) is 22.1 Å². The van der Waals surface area contributed by atoms with E-state index in [0.29, 0.717) is 31.5 Å². The Balaban J connectivity index is 1.52. The Morgan fingerprint density at radius 2 is 1.94 bits per heavy atom. The van der Waals surface area contributed by atoms with Crippen molar-refractivity contribution in [1.82, 2.24) is 14.8 Å². The van der Waals surface area contributed by atoms with Crippen LogP contribution in [0.1, 0.15) is 42.0 Å². The monoisotopic (exact) mass is 521 g/mol. The van der Waals surface area contributed by atoms with E-state index < -0.39 is 23.7 Å². The molecule has 0 amide bonds. The molecule has 2 heterocycles. The van der Waals surface area contributed by atoms with Gasteiger partial charge in [0.15, 0.2) is 11.6 Å². The maximum atomic E-state index is 14.3. The highest BCUT2D eigenvalue weighted by molar-refractivity contribution is 7.15. The van der Waals surface area contributed by atoms with Gasteiger partial charge in [0.25, 0.3) is 5.63 Å². The standard InChI is InChI=1S/C22H21Cl2F4N3OS/c1-11-10-16(12-6-8-13(9-7-12)32-22(27,28)21(24)26)33-18(11)20-29-19(30-31(20)2)17-14(23)4-3-5-15(17)25/h3-5,10,12-13,21H,6-9H2,1-2H3. The van der Waals surface area contributed by atoms with Gasteiger partial charge in [0, 0.05) is 11.9 Å². The number of thiophene rings is 1. The van der Waals surface area contributed by atoms with Crippen LogP contribution >= 0.6 is 34.5 Å². The third-order valence-corrected chi connectivity index (χ3v) is 7.71. The molecule has 11 heteroatoms. The van der Waals surface area contributed by atoms with Gasteiger partial charge in [-0.05, 0) is 62.3 Å². The molecule has 4 rings (SSSR count). The fourth-order valence-electron chi connectivity index (χ4n) is 4.07. The highest BCUT2D eigenvalue weighted by Crippen LogP contribution is 2.43. The van der Waals surface area contributed by atoms with Crippen molar-refractivity contribution in [2.45, 2.75) is 56.4 Å². The third kappa shape index (κ3) is 5.06. The average Bonchev–Trinajstić information content (AvgIpc) is 3.30. The van der Waals surface area contributed by atoms with E-state index in [2.05, 4.69) is 20.9 Å². The van der Waals surface area contributed by atoms with Crippen molar-refractivity contribution in [3.05, 3.63) is 45.5 Å². The van der Waals surface area contributed by atoms with Crippen LogP contribution in [0.4, 0.5) is 17.6 Å². The first-order chi connectivity index (χ1) is 15.6. The Kier molecular flexibility index (Phi) is 7.05. The molecule has 0 bridgehead atoms. The minimum absolute atomic E-state index is 0.151. The highest BCUT2D eigenvalue weighted by Gasteiger charge is 2.43. The topological polar surface area (TPSA) is 39.9 Å². The lowest BCUT2D eigenvalue weighted by molar-refractivity contribution is -0.282. The van der Waals surface area contributed by atoms with E-state index in [9.17, 15) is 17.6 Å². The van der Waals surface area contributed by atoms with Gasteiger partial charge in [-0.2, -0.15) is 13.9 Å². The molecule has 178 valence electrons. The van der Waals surface area contributed by atoms with Gasteiger partial charge in [-0.25, -0.2) is 18.4 Å². The second kappa shape index (κ2) is 9.52. The molecule has 0 saturated heterocycles. The predicted octanol–water partition coefficient (Wildman–Crippen LogP) is 7.48. The van der Waals surface area contributed by atoms with Gasteiger partial charge in [0.2, 0.25) is 0 Å². The number of ether oxygens (including phenoxy) is 1. The lowest BCUT2D eigenvalue weighted by Crippen LogP contribution is -2.35. The fraction of sp³-hybridized carbons (Fsp3) is 0.455. The van der Waals surface area contributed by atoms with Crippen LogP contribution in [0.3, 0.4) is 0 Å². The first-order valence-corrected chi connectivity index (χ1v) is 12.0. The van der Waals surface area contributed by atoms with Crippen LogP contribution in [0.2, 0.25) is 5.02 Å². The minimum Gasteiger partial charge on any atom is -0.314 e. The quantitative estimate of drug-likeness (QED) is 0.249. The van der Waals surface area contributed by atoms with Crippen LogP contribution in [0.15, 0.2) is 24.3 Å². The summed E-state index contributed by atoms with van der Waals surface area (Å²) in [5.41, 5.74) is -1.73. The Labute approximate surface area is 202 Å². The molecular weight excluding hydrogens is 501 g/mol. The van der Waals surface area contributed by atoms with Crippen molar-refractivity contribution in [2.75, 3.05) is 0 Å². The number of hydrogen-bond acceptors (Lipinski definition) is 4. The van der Waals surface area contributed by atoms with E-state index >= 15 is 0 Å². The second-order valence-corrected chi connectivity index (χ2v) is 9.97. The van der Waals surface area contributed by atoms with Crippen LogP contribution in [-0.4, -0.2) is 32.6 Å². The Morgan fingerprint density at radius 3 is 2.58 bits per heavy atom. The van der Waals surface area contributed by atoms with Gasteiger partial charge in [0.1, 0.15) is 5.82 Å². The van der Waals surface area contributed by atoms with Gasteiger partial charge in [-0.15, -0.1) is 11.3 Å². The van der Waals surface area contributed by atoms with Gasteiger partial charge in [-0.3, -0.25) is 0 Å². The zero-order chi connectivity index (χ0) is 23.9. The molecule has 33 heavy (non-hydrogen) atoms. The third-order valence-electron chi connectivity index (χ3n) is 5.74. The van der Waals surface area contributed by atoms with Gasteiger partial charge < -0.3 is 4.74 Å². The van der Waals surface area contributed by atoms with Crippen LogP contribution < -0.4 is 0 Å². The summed E-state index contributed by atoms with van der Waals surface area (Å²) in [6.07, 6.45) is -2.69. The fourth-order valence-corrected chi connectivity index (χ4v) is 5.73. The summed E-state index contributed by atoms with van der Waals surface area (Å²) in [5.74, 6) is 0.461. The molecule has 0 spiro atoms. The molecule has 0 radical (unpaired) electrons. The number of halogens is 6. The molecule has 4 nitrogen and oxygen atoms in total. The number of hydrogen-bond donors (Lipinski definition) is 0. The number of benzene rings is 1. The molecule has 0 N–H and O–H groups in total. The second-order valence-electron chi connectivity index (χ2n) is 8.09. The summed E-state index contributed by atoms with van der Waals surface area (Å²) >= 11 is 12.6. The van der Waals surface area contributed by atoms with E-state index in [4.69, 9.17) is 23.2 Å². The molecule has 1 aliphatic carbocycles. The van der Waals surface area contributed by atoms with Crippen molar-refractivity contribution in [3.63, 3.8) is 0 Å². The maximum absolute atomic E-state index is 14.3. The maximum Gasteiger partial charge on any atom is 0.401 e. The van der Waals surface area contributed by atoms with Crippen LogP contribution in [0, 0.1) is 12.7 Å². The molecule has 1 atom stereocenters. The zero-order valence-corrected chi connectivity index (χ0v) is 20.1. The Morgan fingerprint density at radius 1 is 1.24 bits per heavy atom. The Hall–Kier alpha value is -1.68. The number of nitrogens with zero attached hydrogens (tertiary/aromatic N) is 3. The first kappa shape index (κ1) is 24.4. The predicted molar refractivity (Wildman–Crippen MR) is 121 cm³/mol. The van der Waals surface area contributed by atoms with Crippen LogP contribution in [0.5, 0.6) is 0 Å². The van der Waals surface area contributed by atoms with Crippen molar-refractivity contribution >= 4 is 34.5 Å². The lowest BCUT2D eigenvalue weighted by Gasteiger charge is -2.30. The molecule has 1 unspecified atom stereocenters. The molecule has 1 aromatic carbocycles. The molecule has 1 saturated carbocycles. The van der Waals surface area contributed by atoms with Crippen LogP contribution in [-0.2, 0) is 11.8 Å². The van der Waals surface area contributed by atoms with Crippen molar-refractivity contribution in [3.8, 4) is 22.1 Å². The Bertz CT molecular complexity index is 1120. The summed E-state index contributed by atoms with van der Waals surface area (Å²) in [5, 5.41) is 4.59. The largest absolute Gasteiger partial charge is 0.401 e. The van der Waals surface area contributed by atoms with E-state index in [1.165, 1.54) is 12.1 Å². The van der Waals surface area contributed by atoms with Crippen molar-refractivity contribution in [1.29, 1.82) is 0 Å². The summed E-state index contributed by atoms with van der Waals surface area (Å²) in [6, 6.07) is 6.47. The highest BCUT2D eigenvalue weighted by atomic mass is 35.5. The van der Waals surface area contributed by atoms with Gasteiger partial charge in [-0.1, -0.05) is 29.3 Å². The van der Waals surface area contributed by atoms with E-state index in [0.717, 1.165) is 15.3 Å². The zero-order valence-electron chi connectivity index (χ0n) is 17.8. The number of aryl methyl sites for hydroxylation is 2. The summed E-state index contributed by atoms with van der Waals surface area (Å²) < 4.78 is 60.2. The lowest BCUT2D eigenvalue weighted by atomic mass is 9.86. The average molecular weight is 522 g/mol. The molecule has 1 aliphatic rings. The smallest absolute Gasteiger partial charge is 0.314 e. The minimum atomic E-state index is -3.99. The van der Waals surface area contributed by atoms with Gasteiger partial charge >= 0.3 is 6.11 Å². The summed E-state index contributed by atoms with van der Waals surface area (Å²) in [4.78, 5) is 6.54. The number of aromatic nitrogens is 3. The van der Waals surface area contributed by atoms with E-state index in [1.807, 2.05) is 6.92 Å². The molecule has 0 aliphatic heterocycles. The number of rotatable bonds is 6. The van der Waals surface area contributed by atoms with E-state index in [1.54, 1.807) is 29.1 Å². The normalized spacial score (nSPS) is 20.2. The molecular formula is C22H21Cl2F4N3OS. The molecule has 1 fully saturated rings.